The van der Waals surface area contributed by atoms with Crippen LogP contribution in [0.25, 0.3) is 0 Å². The number of carbonyl (C=O) groups is 1. The third-order valence-corrected chi connectivity index (χ3v) is 3.26. The van der Waals surface area contributed by atoms with E-state index in [0.29, 0.717) is 4.68 Å². The highest BCUT2D eigenvalue weighted by molar-refractivity contribution is 6.32. The topological polar surface area (TPSA) is 117 Å². The van der Waals surface area contributed by atoms with Crippen molar-refractivity contribution < 1.29 is 37.5 Å². The van der Waals surface area contributed by atoms with Gasteiger partial charge < -0.3 is 14.6 Å². The van der Waals surface area contributed by atoms with Crippen LogP contribution in [0.1, 0.15) is 5.69 Å². The molecule has 1 aromatic heterocycles. The van der Waals surface area contributed by atoms with E-state index < -0.39 is 51.7 Å². The SMILES string of the molecule is Cn1nc(Oc2ccc([N+](=O)[O-])c(OCC(=O)O)c2)c(Cl)c1C(F)(F)F. The monoisotopic (exact) mass is 395 g/mol. The number of hydrogen-bond acceptors (Lipinski definition) is 6. The van der Waals surface area contributed by atoms with Crippen molar-refractivity contribution in [3.8, 4) is 17.4 Å². The summed E-state index contributed by atoms with van der Waals surface area (Å²) in [5.74, 6) is -2.60. The van der Waals surface area contributed by atoms with Crippen LogP contribution in [-0.4, -0.2) is 32.4 Å². The van der Waals surface area contributed by atoms with Gasteiger partial charge in [-0.1, -0.05) is 11.6 Å². The second-order valence-electron chi connectivity index (χ2n) is 4.76. The Hall–Kier alpha value is -3.02. The van der Waals surface area contributed by atoms with Crippen LogP contribution in [0.2, 0.25) is 5.02 Å². The third-order valence-electron chi connectivity index (χ3n) is 2.92. The molecular formula is C13H9ClF3N3O6. The molecule has 0 saturated heterocycles. The molecule has 0 aliphatic heterocycles. The number of alkyl halides is 3. The average molecular weight is 396 g/mol. The average Bonchev–Trinajstić information content (AvgIpc) is 2.78. The van der Waals surface area contributed by atoms with E-state index in [1.54, 1.807) is 0 Å². The first-order valence-electron chi connectivity index (χ1n) is 6.61. The number of nitro benzene ring substituents is 1. The van der Waals surface area contributed by atoms with E-state index >= 15 is 0 Å². The molecule has 2 rings (SSSR count). The highest BCUT2D eigenvalue weighted by atomic mass is 35.5. The molecule has 1 aromatic carbocycles. The fourth-order valence-electron chi connectivity index (χ4n) is 1.92. The third kappa shape index (κ3) is 4.14. The van der Waals surface area contributed by atoms with E-state index in [9.17, 15) is 28.1 Å². The second-order valence-corrected chi connectivity index (χ2v) is 5.14. The molecule has 0 unspecified atom stereocenters. The Bertz CT molecular complexity index is 868. The molecule has 0 radical (unpaired) electrons. The van der Waals surface area contributed by atoms with Gasteiger partial charge in [0.1, 0.15) is 10.8 Å². The lowest BCUT2D eigenvalue weighted by Gasteiger charge is -2.08. The molecular weight excluding hydrogens is 387 g/mol. The molecule has 1 heterocycles. The van der Waals surface area contributed by atoms with Crippen molar-refractivity contribution in [3.63, 3.8) is 0 Å². The zero-order valence-electron chi connectivity index (χ0n) is 12.8. The highest BCUT2D eigenvalue weighted by Crippen LogP contribution is 2.41. The Balaban J connectivity index is 2.37. The van der Waals surface area contributed by atoms with Crippen LogP contribution in [0.4, 0.5) is 18.9 Å². The summed E-state index contributed by atoms with van der Waals surface area (Å²) in [5.41, 5.74) is -1.79. The Morgan fingerprint density at radius 1 is 1.46 bits per heavy atom. The first-order chi connectivity index (χ1) is 12.0. The molecule has 0 aliphatic carbocycles. The van der Waals surface area contributed by atoms with E-state index in [1.165, 1.54) is 0 Å². The van der Waals surface area contributed by atoms with Gasteiger partial charge in [0, 0.05) is 19.2 Å². The van der Waals surface area contributed by atoms with Crippen LogP contribution < -0.4 is 9.47 Å². The lowest BCUT2D eigenvalue weighted by atomic mass is 10.3. The Labute approximate surface area is 147 Å². The van der Waals surface area contributed by atoms with E-state index in [2.05, 4.69) is 5.10 Å². The molecule has 13 heteroatoms. The van der Waals surface area contributed by atoms with E-state index in [0.717, 1.165) is 25.2 Å². The molecule has 0 amide bonds. The summed E-state index contributed by atoms with van der Waals surface area (Å²) in [5, 5.41) is 22.2. The molecule has 9 nitrogen and oxygen atoms in total. The maximum atomic E-state index is 12.9. The summed E-state index contributed by atoms with van der Waals surface area (Å²) in [7, 11) is 1.01. The summed E-state index contributed by atoms with van der Waals surface area (Å²) in [4.78, 5) is 20.6. The first-order valence-corrected chi connectivity index (χ1v) is 6.99. The van der Waals surface area contributed by atoms with Crippen molar-refractivity contribution >= 4 is 23.3 Å². The van der Waals surface area contributed by atoms with Gasteiger partial charge in [-0.2, -0.15) is 13.2 Å². The number of rotatable bonds is 6. The Morgan fingerprint density at radius 2 is 2.12 bits per heavy atom. The number of ether oxygens (including phenoxy) is 2. The van der Waals surface area contributed by atoms with Crippen LogP contribution in [0, 0.1) is 10.1 Å². The van der Waals surface area contributed by atoms with Gasteiger partial charge in [-0.25, -0.2) is 4.79 Å². The lowest BCUT2D eigenvalue weighted by molar-refractivity contribution is -0.385. The fourth-order valence-corrected chi connectivity index (χ4v) is 2.23. The minimum Gasteiger partial charge on any atom is -0.479 e. The molecule has 0 bridgehead atoms. The predicted molar refractivity (Wildman–Crippen MR) is 79.5 cm³/mol. The number of carboxylic acid groups (broad SMARTS) is 1. The second kappa shape index (κ2) is 7.07. The number of aliphatic carboxylic acids is 1. The minimum absolute atomic E-state index is 0.190. The summed E-state index contributed by atoms with van der Waals surface area (Å²) in [6.07, 6.45) is -4.77. The maximum Gasteiger partial charge on any atom is 0.434 e. The molecule has 1 N–H and O–H groups in total. The molecule has 0 spiro atoms. The summed E-state index contributed by atoms with van der Waals surface area (Å²) in [6, 6.07) is 2.96. The van der Waals surface area contributed by atoms with Crippen LogP contribution in [0.15, 0.2) is 18.2 Å². The van der Waals surface area contributed by atoms with Crippen LogP contribution >= 0.6 is 11.6 Å². The van der Waals surface area contributed by atoms with Crippen molar-refractivity contribution in [3.05, 3.63) is 39.0 Å². The number of nitro groups is 1. The number of halogens is 4. The maximum absolute atomic E-state index is 12.9. The first kappa shape index (κ1) is 19.3. The van der Waals surface area contributed by atoms with Gasteiger partial charge in [-0.3, -0.25) is 14.8 Å². The van der Waals surface area contributed by atoms with Gasteiger partial charge in [0.2, 0.25) is 5.75 Å². The van der Waals surface area contributed by atoms with Crippen molar-refractivity contribution in [2.24, 2.45) is 7.05 Å². The van der Waals surface area contributed by atoms with Gasteiger partial charge >= 0.3 is 17.8 Å². The van der Waals surface area contributed by atoms with Gasteiger partial charge in [-0.15, -0.1) is 5.10 Å². The zero-order valence-corrected chi connectivity index (χ0v) is 13.5. The number of hydrogen-bond donors (Lipinski definition) is 1. The molecule has 0 saturated carbocycles. The van der Waals surface area contributed by atoms with E-state index in [-0.39, 0.29) is 5.75 Å². The molecule has 2 aromatic rings. The summed E-state index contributed by atoms with van der Waals surface area (Å²) >= 11 is 5.64. The number of aryl methyl sites for hydroxylation is 1. The number of nitrogens with zero attached hydrogens (tertiary/aromatic N) is 3. The molecule has 0 aliphatic rings. The molecule has 0 atom stereocenters. The molecule has 26 heavy (non-hydrogen) atoms. The van der Waals surface area contributed by atoms with E-state index in [1.807, 2.05) is 0 Å². The standard InChI is InChI=1S/C13H9ClF3N3O6/c1-19-11(13(15,16)17)10(14)12(18-19)26-6-2-3-7(20(23)24)8(4-6)25-5-9(21)22/h2-4H,5H2,1H3,(H,21,22). The largest absolute Gasteiger partial charge is 0.479 e. The van der Waals surface area contributed by atoms with Gasteiger partial charge in [-0.05, 0) is 6.07 Å². The van der Waals surface area contributed by atoms with Crippen LogP contribution in [0.3, 0.4) is 0 Å². The minimum atomic E-state index is -4.77. The number of benzene rings is 1. The lowest BCUT2D eigenvalue weighted by Crippen LogP contribution is -2.12. The van der Waals surface area contributed by atoms with Gasteiger partial charge in [0.05, 0.1) is 4.92 Å². The fraction of sp³-hybridized carbons (Fsp3) is 0.231. The summed E-state index contributed by atoms with van der Waals surface area (Å²) in [6.45, 7) is -0.868. The van der Waals surface area contributed by atoms with E-state index in [4.69, 9.17) is 26.2 Å². The summed E-state index contributed by atoms with van der Waals surface area (Å²) < 4.78 is 49.1. The normalized spacial score (nSPS) is 11.3. The van der Waals surface area contributed by atoms with Crippen molar-refractivity contribution in [1.82, 2.24) is 9.78 Å². The van der Waals surface area contributed by atoms with Crippen LogP contribution in [-0.2, 0) is 18.0 Å². The van der Waals surface area contributed by atoms with Gasteiger partial charge in [0.15, 0.2) is 12.3 Å². The van der Waals surface area contributed by atoms with Gasteiger partial charge in [0.25, 0.3) is 5.88 Å². The highest BCUT2D eigenvalue weighted by Gasteiger charge is 2.39. The number of aromatic nitrogens is 2. The zero-order chi connectivity index (χ0) is 19.6. The van der Waals surface area contributed by atoms with Crippen molar-refractivity contribution in [2.75, 3.05) is 6.61 Å². The smallest absolute Gasteiger partial charge is 0.434 e. The molecule has 0 fully saturated rings. The Kier molecular flexibility index (Phi) is 5.25. The quantitative estimate of drug-likeness (QED) is 0.589. The number of carboxylic acids is 1. The van der Waals surface area contributed by atoms with Crippen LogP contribution in [0.5, 0.6) is 17.4 Å². The molecule has 140 valence electrons. The van der Waals surface area contributed by atoms with Crippen molar-refractivity contribution in [1.29, 1.82) is 0 Å². The van der Waals surface area contributed by atoms with Crippen molar-refractivity contribution in [2.45, 2.75) is 6.18 Å². The predicted octanol–water partition coefficient (Wildman–Crippen LogP) is 3.26. The Morgan fingerprint density at radius 3 is 2.62 bits per heavy atom.